The lowest BCUT2D eigenvalue weighted by atomic mass is 9.97. The van der Waals surface area contributed by atoms with E-state index in [0.29, 0.717) is 0 Å². The van der Waals surface area contributed by atoms with Crippen LogP contribution in [0.4, 0.5) is 8.78 Å². The number of alkyl halides is 3. The highest BCUT2D eigenvalue weighted by Gasteiger charge is 2.19. The monoisotopic (exact) mass is 341 g/mol. The van der Waals surface area contributed by atoms with Gasteiger partial charge >= 0.3 is 6.61 Å². The van der Waals surface area contributed by atoms with Gasteiger partial charge in [0.05, 0.1) is 0 Å². The average molecular weight is 342 g/mol. The Bertz CT molecular complexity index is 533. The quantitative estimate of drug-likeness (QED) is 0.720. The number of pyridine rings is 1. The normalized spacial score (nSPS) is 14.1. The second kappa shape index (κ2) is 6.79. The van der Waals surface area contributed by atoms with Gasteiger partial charge in [-0.1, -0.05) is 41.1 Å². The van der Waals surface area contributed by atoms with Crippen LogP contribution in [0.15, 0.2) is 48.7 Å². The molecule has 106 valence electrons. The van der Waals surface area contributed by atoms with Crippen molar-refractivity contribution in [2.45, 2.75) is 24.3 Å². The molecular formula is C15H14BrF2NO. The van der Waals surface area contributed by atoms with Gasteiger partial charge in [0.1, 0.15) is 5.75 Å². The van der Waals surface area contributed by atoms with E-state index in [9.17, 15) is 8.78 Å². The summed E-state index contributed by atoms with van der Waals surface area (Å²) in [5.41, 5.74) is 1.96. The molecule has 20 heavy (non-hydrogen) atoms. The van der Waals surface area contributed by atoms with Crippen LogP contribution < -0.4 is 4.74 Å². The number of aromatic nitrogens is 1. The Balaban J connectivity index is 2.11. The number of nitrogens with zero attached hydrogens (tertiary/aromatic N) is 1. The Morgan fingerprint density at radius 3 is 2.35 bits per heavy atom. The molecule has 2 nitrogen and oxygen atoms in total. The fraction of sp³-hybridized carbons (Fsp3) is 0.267. The molecule has 0 saturated carbocycles. The molecule has 0 fully saturated rings. The molecule has 0 spiro atoms. The Morgan fingerprint density at radius 1 is 1.10 bits per heavy atom. The van der Waals surface area contributed by atoms with Gasteiger partial charge in [0.25, 0.3) is 0 Å². The second-order valence-corrected chi connectivity index (χ2v) is 5.38. The lowest BCUT2D eigenvalue weighted by Gasteiger charge is -2.18. The Kier molecular flexibility index (Phi) is 5.06. The van der Waals surface area contributed by atoms with Crippen LogP contribution in [0.2, 0.25) is 0 Å². The third-order valence-corrected chi connectivity index (χ3v) is 4.34. The third kappa shape index (κ3) is 3.76. The first-order chi connectivity index (χ1) is 9.58. The fourth-order valence-electron chi connectivity index (χ4n) is 1.92. The van der Waals surface area contributed by atoms with Crippen LogP contribution in [-0.4, -0.2) is 11.6 Å². The smallest absolute Gasteiger partial charge is 0.387 e. The first-order valence-corrected chi connectivity index (χ1v) is 7.09. The van der Waals surface area contributed by atoms with E-state index in [-0.39, 0.29) is 16.5 Å². The highest BCUT2D eigenvalue weighted by Crippen LogP contribution is 2.37. The van der Waals surface area contributed by atoms with Crippen molar-refractivity contribution >= 4 is 15.9 Å². The predicted molar refractivity (Wildman–Crippen MR) is 77.4 cm³/mol. The standard InChI is InChI=1S/C15H14BrF2NO/c1-10(13-4-2-3-9-19-13)14(16)11-5-7-12(8-6-11)20-15(17)18/h2-10,14-15H,1H3. The van der Waals surface area contributed by atoms with E-state index in [2.05, 4.69) is 32.6 Å². The van der Waals surface area contributed by atoms with Crippen LogP contribution in [0.3, 0.4) is 0 Å². The zero-order chi connectivity index (χ0) is 14.5. The molecule has 2 rings (SSSR count). The van der Waals surface area contributed by atoms with Gasteiger partial charge in [-0.25, -0.2) is 0 Å². The van der Waals surface area contributed by atoms with Gasteiger partial charge in [-0.15, -0.1) is 0 Å². The zero-order valence-electron chi connectivity index (χ0n) is 10.8. The molecule has 2 aromatic rings. The molecule has 0 amide bonds. The highest BCUT2D eigenvalue weighted by molar-refractivity contribution is 9.09. The molecule has 0 saturated heterocycles. The minimum atomic E-state index is -2.80. The largest absolute Gasteiger partial charge is 0.435 e. The molecule has 0 aliphatic heterocycles. The summed E-state index contributed by atoms with van der Waals surface area (Å²) in [6, 6.07) is 12.4. The SMILES string of the molecule is CC(c1ccccn1)C(Br)c1ccc(OC(F)F)cc1. The van der Waals surface area contributed by atoms with Crippen LogP contribution in [0, 0.1) is 0 Å². The van der Waals surface area contributed by atoms with Gasteiger partial charge in [-0.05, 0) is 29.8 Å². The number of rotatable bonds is 5. The zero-order valence-corrected chi connectivity index (χ0v) is 12.4. The fourth-order valence-corrected chi connectivity index (χ4v) is 2.49. The molecule has 2 atom stereocenters. The van der Waals surface area contributed by atoms with E-state index >= 15 is 0 Å². The van der Waals surface area contributed by atoms with Crippen molar-refractivity contribution in [1.82, 2.24) is 4.98 Å². The molecule has 1 aromatic carbocycles. The van der Waals surface area contributed by atoms with Gasteiger partial charge in [0, 0.05) is 22.6 Å². The van der Waals surface area contributed by atoms with E-state index < -0.39 is 6.61 Å². The molecule has 0 N–H and O–H groups in total. The summed E-state index contributed by atoms with van der Waals surface area (Å²) < 4.78 is 28.5. The van der Waals surface area contributed by atoms with Gasteiger partial charge < -0.3 is 4.74 Å². The lowest BCUT2D eigenvalue weighted by molar-refractivity contribution is -0.0498. The Hall–Kier alpha value is -1.49. The van der Waals surface area contributed by atoms with Crippen LogP contribution >= 0.6 is 15.9 Å². The van der Waals surface area contributed by atoms with E-state index in [4.69, 9.17) is 0 Å². The maximum Gasteiger partial charge on any atom is 0.387 e. The molecule has 0 aliphatic rings. The van der Waals surface area contributed by atoms with Crippen molar-refractivity contribution in [2.24, 2.45) is 0 Å². The van der Waals surface area contributed by atoms with Crippen LogP contribution in [0.25, 0.3) is 0 Å². The van der Waals surface area contributed by atoms with E-state index in [1.54, 1.807) is 30.5 Å². The topological polar surface area (TPSA) is 22.1 Å². The second-order valence-electron chi connectivity index (χ2n) is 4.39. The minimum absolute atomic E-state index is 0.0537. The number of halogens is 3. The molecule has 0 radical (unpaired) electrons. The summed E-state index contributed by atoms with van der Waals surface area (Å²) in [4.78, 5) is 4.38. The molecule has 1 aromatic heterocycles. The number of ether oxygens (including phenoxy) is 1. The highest BCUT2D eigenvalue weighted by atomic mass is 79.9. The van der Waals surface area contributed by atoms with Crippen LogP contribution in [0.5, 0.6) is 5.75 Å². The number of benzene rings is 1. The molecule has 2 unspecified atom stereocenters. The summed E-state index contributed by atoms with van der Waals surface area (Å²) in [5.74, 6) is 0.326. The third-order valence-electron chi connectivity index (χ3n) is 3.02. The molecule has 1 heterocycles. The summed E-state index contributed by atoms with van der Waals surface area (Å²) >= 11 is 3.63. The summed E-state index contributed by atoms with van der Waals surface area (Å²) in [5, 5.41) is 0. The maximum atomic E-state index is 12.1. The lowest BCUT2D eigenvalue weighted by Crippen LogP contribution is -2.05. The first-order valence-electron chi connectivity index (χ1n) is 6.17. The predicted octanol–water partition coefficient (Wildman–Crippen LogP) is 4.92. The minimum Gasteiger partial charge on any atom is -0.435 e. The van der Waals surface area contributed by atoms with Crippen LogP contribution in [-0.2, 0) is 0 Å². The van der Waals surface area contributed by atoms with E-state index in [1.807, 2.05) is 18.2 Å². The first kappa shape index (κ1) is 14.9. The van der Waals surface area contributed by atoms with Gasteiger partial charge in [-0.3, -0.25) is 4.98 Å². The summed E-state index contributed by atoms with van der Waals surface area (Å²) in [7, 11) is 0. The molecular weight excluding hydrogens is 328 g/mol. The number of hydrogen-bond acceptors (Lipinski definition) is 2. The summed E-state index contributed by atoms with van der Waals surface area (Å²) in [6.07, 6.45) is 1.76. The van der Waals surface area contributed by atoms with Crippen LogP contribution in [0.1, 0.15) is 28.9 Å². The Morgan fingerprint density at radius 2 is 1.80 bits per heavy atom. The summed E-state index contributed by atoms with van der Waals surface area (Å²) in [6.45, 7) is -0.737. The van der Waals surface area contributed by atoms with Crippen molar-refractivity contribution in [1.29, 1.82) is 0 Å². The molecule has 0 aliphatic carbocycles. The van der Waals surface area contributed by atoms with Crippen molar-refractivity contribution in [3.05, 3.63) is 59.9 Å². The molecule has 0 bridgehead atoms. The van der Waals surface area contributed by atoms with E-state index in [0.717, 1.165) is 11.3 Å². The van der Waals surface area contributed by atoms with E-state index in [1.165, 1.54) is 0 Å². The van der Waals surface area contributed by atoms with Crippen molar-refractivity contribution in [2.75, 3.05) is 0 Å². The Labute approximate surface area is 124 Å². The molecule has 5 heteroatoms. The van der Waals surface area contributed by atoms with Crippen molar-refractivity contribution < 1.29 is 13.5 Å². The van der Waals surface area contributed by atoms with Crippen molar-refractivity contribution in [3.63, 3.8) is 0 Å². The van der Waals surface area contributed by atoms with Crippen molar-refractivity contribution in [3.8, 4) is 5.75 Å². The maximum absolute atomic E-state index is 12.1. The average Bonchev–Trinajstić information content (AvgIpc) is 2.47. The number of hydrogen-bond donors (Lipinski definition) is 0. The van der Waals surface area contributed by atoms with Gasteiger partial charge in [-0.2, -0.15) is 8.78 Å². The van der Waals surface area contributed by atoms with Gasteiger partial charge in [0.2, 0.25) is 0 Å². The van der Waals surface area contributed by atoms with Gasteiger partial charge in [0.15, 0.2) is 0 Å².